The SMILES string of the molecule is O=C(CCn1cnc2sc3c(c2c1=O)CCCC3)NCC1CCC=CO1. The Morgan fingerprint density at radius 1 is 1.38 bits per heavy atom. The molecule has 2 aliphatic rings. The maximum Gasteiger partial charge on any atom is 0.262 e. The predicted octanol–water partition coefficient (Wildman–Crippen LogP) is 2.54. The van der Waals surface area contributed by atoms with Crippen LogP contribution in [0.2, 0.25) is 0 Å². The average molecular weight is 373 g/mol. The third kappa shape index (κ3) is 3.53. The van der Waals surface area contributed by atoms with Crippen LogP contribution in [0.25, 0.3) is 10.2 Å². The lowest BCUT2D eigenvalue weighted by Gasteiger charge is -2.19. The molecule has 7 heteroatoms. The van der Waals surface area contributed by atoms with Crippen molar-refractivity contribution in [2.75, 3.05) is 6.54 Å². The number of carbonyl (C=O) groups is 1. The maximum atomic E-state index is 12.8. The van der Waals surface area contributed by atoms with Gasteiger partial charge < -0.3 is 10.1 Å². The summed E-state index contributed by atoms with van der Waals surface area (Å²) in [5, 5.41) is 3.67. The normalized spacial score (nSPS) is 19.2. The number of rotatable bonds is 5. The number of nitrogens with one attached hydrogen (secondary N) is 1. The van der Waals surface area contributed by atoms with Crippen molar-refractivity contribution in [3.8, 4) is 0 Å². The first-order chi connectivity index (χ1) is 12.7. The molecule has 3 heterocycles. The number of ether oxygens (including phenoxy) is 1. The minimum atomic E-state index is -0.0671. The summed E-state index contributed by atoms with van der Waals surface area (Å²) < 4.78 is 7.02. The van der Waals surface area contributed by atoms with Crippen LogP contribution in [0.4, 0.5) is 0 Å². The molecule has 0 saturated carbocycles. The highest BCUT2D eigenvalue weighted by atomic mass is 32.1. The van der Waals surface area contributed by atoms with E-state index in [1.807, 2.05) is 6.08 Å². The summed E-state index contributed by atoms with van der Waals surface area (Å²) in [4.78, 5) is 31.6. The summed E-state index contributed by atoms with van der Waals surface area (Å²) in [7, 11) is 0. The van der Waals surface area contributed by atoms with Gasteiger partial charge in [0.15, 0.2) is 0 Å². The number of allylic oxidation sites excluding steroid dienone is 1. The monoisotopic (exact) mass is 373 g/mol. The van der Waals surface area contributed by atoms with Gasteiger partial charge in [0.2, 0.25) is 5.91 Å². The number of nitrogens with zero attached hydrogens (tertiary/aromatic N) is 2. The van der Waals surface area contributed by atoms with Crippen LogP contribution in [0.15, 0.2) is 23.5 Å². The van der Waals surface area contributed by atoms with Gasteiger partial charge in [-0.05, 0) is 50.2 Å². The molecule has 0 bridgehead atoms. The Labute approximate surface area is 155 Å². The third-order valence-corrected chi connectivity index (χ3v) is 6.27. The van der Waals surface area contributed by atoms with E-state index in [0.717, 1.165) is 42.3 Å². The van der Waals surface area contributed by atoms with E-state index in [9.17, 15) is 9.59 Å². The van der Waals surface area contributed by atoms with Crippen LogP contribution in [0.3, 0.4) is 0 Å². The second kappa shape index (κ2) is 7.61. The third-order valence-electron chi connectivity index (χ3n) is 5.07. The van der Waals surface area contributed by atoms with Crippen molar-refractivity contribution in [2.24, 2.45) is 0 Å². The molecule has 2 aromatic heterocycles. The summed E-state index contributed by atoms with van der Waals surface area (Å²) in [5.41, 5.74) is 1.18. The molecular formula is C19H23N3O3S. The molecule has 1 amide bonds. The van der Waals surface area contributed by atoms with Gasteiger partial charge in [-0.1, -0.05) is 0 Å². The smallest absolute Gasteiger partial charge is 0.262 e. The Bertz CT molecular complexity index is 899. The fourth-order valence-electron chi connectivity index (χ4n) is 3.61. The standard InChI is InChI=1S/C19H23N3O3S/c23-16(20-11-13-5-3-4-10-25-13)8-9-22-12-21-18-17(19(22)24)14-6-1-2-7-15(14)26-18/h4,10,12-13H,1-3,5-9,11H2,(H,20,23). The Kier molecular flexibility index (Phi) is 5.06. The van der Waals surface area contributed by atoms with E-state index in [4.69, 9.17) is 4.74 Å². The predicted molar refractivity (Wildman–Crippen MR) is 101 cm³/mol. The van der Waals surface area contributed by atoms with E-state index in [1.54, 1.807) is 28.5 Å². The van der Waals surface area contributed by atoms with Crippen LogP contribution in [-0.2, 0) is 28.9 Å². The summed E-state index contributed by atoms with van der Waals surface area (Å²) in [5.74, 6) is -0.0671. The lowest BCUT2D eigenvalue weighted by Crippen LogP contribution is -2.34. The van der Waals surface area contributed by atoms with Crippen LogP contribution in [-0.4, -0.2) is 28.1 Å². The van der Waals surface area contributed by atoms with Gasteiger partial charge in [-0.3, -0.25) is 14.2 Å². The van der Waals surface area contributed by atoms with Gasteiger partial charge in [0.25, 0.3) is 5.56 Å². The van der Waals surface area contributed by atoms with Crippen molar-refractivity contribution >= 4 is 27.5 Å². The molecule has 0 saturated heterocycles. The highest BCUT2D eigenvalue weighted by Crippen LogP contribution is 2.33. The molecule has 0 radical (unpaired) electrons. The molecule has 0 fully saturated rings. The molecule has 1 unspecified atom stereocenters. The zero-order valence-electron chi connectivity index (χ0n) is 14.7. The van der Waals surface area contributed by atoms with Gasteiger partial charge in [-0.2, -0.15) is 0 Å². The second-order valence-corrected chi connectivity index (χ2v) is 7.98. The van der Waals surface area contributed by atoms with E-state index in [0.29, 0.717) is 13.1 Å². The number of amides is 1. The van der Waals surface area contributed by atoms with Crippen molar-refractivity contribution < 1.29 is 9.53 Å². The van der Waals surface area contributed by atoms with E-state index in [-0.39, 0.29) is 24.0 Å². The van der Waals surface area contributed by atoms with E-state index >= 15 is 0 Å². The molecule has 2 aromatic rings. The summed E-state index contributed by atoms with van der Waals surface area (Å²) in [6, 6.07) is 0. The molecule has 138 valence electrons. The summed E-state index contributed by atoms with van der Waals surface area (Å²) in [6.07, 6.45) is 11.8. The summed E-state index contributed by atoms with van der Waals surface area (Å²) in [6.45, 7) is 0.858. The lowest BCUT2D eigenvalue weighted by atomic mass is 9.97. The highest BCUT2D eigenvalue weighted by molar-refractivity contribution is 7.18. The van der Waals surface area contributed by atoms with Gasteiger partial charge in [0, 0.05) is 17.8 Å². The minimum Gasteiger partial charge on any atom is -0.497 e. The molecule has 0 aromatic carbocycles. The average Bonchev–Trinajstić information content (AvgIpc) is 3.06. The molecule has 4 rings (SSSR count). The lowest BCUT2D eigenvalue weighted by molar-refractivity contribution is -0.121. The van der Waals surface area contributed by atoms with Gasteiger partial charge >= 0.3 is 0 Å². The minimum absolute atomic E-state index is 0.0112. The number of thiophene rings is 1. The molecule has 0 spiro atoms. The van der Waals surface area contributed by atoms with Crippen molar-refractivity contribution in [2.45, 2.75) is 57.6 Å². The van der Waals surface area contributed by atoms with Crippen LogP contribution < -0.4 is 10.9 Å². The number of carbonyl (C=O) groups excluding carboxylic acids is 1. The summed E-state index contributed by atoms with van der Waals surface area (Å²) >= 11 is 1.65. The van der Waals surface area contributed by atoms with E-state index in [1.165, 1.54) is 16.9 Å². The molecule has 1 atom stereocenters. The molecule has 1 aliphatic carbocycles. The second-order valence-electron chi connectivity index (χ2n) is 6.90. The van der Waals surface area contributed by atoms with Crippen LogP contribution in [0.1, 0.15) is 42.5 Å². The Morgan fingerprint density at radius 3 is 3.12 bits per heavy atom. The fourth-order valence-corrected chi connectivity index (χ4v) is 4.83. The Morgan fingerprint density at radius 2 is 2.27 bits per heavy atom. The number of aryl methyl sites for hydroxylation is 3. The molecule has 1 N–H and O–H groups in total. The number of fused-ring (bicyclic) bond motifs is 3. The molecule has 26 heavy (non-hydrogen) atoms. The quantitative estimate of drug-likeness (QED) is 0.874. The first-order valence-electron chi connectivity index (χ1n) is 9.29. The maximum absolute atomic E-state index is 12.8. The van der Waals surface area contributed by atoms with Gasteiger partial charge in [-0.25, -0.2) is 4.98 Å². The zero-order valence-corrected chi connectivity index (χ0v) is 15.5. The van der Waals surface area contributed by atoms with Crippen LogP contribution in [0.5, 0.6) is 0 Å². The first kappa shape index (κ1) is 17.3. The van der Waals surface area contributed by atoms with Crippen LogP contribution >= 0.6 is 11.3 Å². The largest absolute Gasteiger partial charge is 0.497 e. The Hall–Kier alpha value is -2.15. The fraction of sp³-hybridized carbons (Fsp3) is 0.526. The van der Waals surface area contributed by atoms with Crippen molar-refractivity contribution in [3.63, 3.8) is 0 Å². The van der Waals surface area contributed by atoms with Gasteiger partial charge in [0.1, 0.15) is 10.9 Å². The highest BCUT2D eigenvalue weighted by Gasteiger charge is 2.20. The topological polar surface area (TPSA) is 73.2 Å². The number of hydrogen-bond acceptors (Lipinski definition) is 5. The molecule has 6 nitrogen and oxygen atoms in total. The number of aromatic nitrogens is 2. The van der Waals surface area contributed by atoms with Crippen molar-refractivity contribution in [1.82, 2.24) is 14.9 Å². The van der Waals surface area contributed by atoms with Crippen LogP contribution in [0, 0.1) is 0 Å². The number of hydrogen-bond donors (Lipinski definition) is 1. The van der Waals surface area contributed by atoms with Gasteiger partial charge in [-0.15, -0.1) is 11.3 Å². The molecule has 1 aliphatic heterocycles. The molecular weight excluding hydrogens is 350 g/mol. The van der Waals surface area contributed by atoms with Crippen molar-refractivity contribution in [3.05, 3.63) is 39.5 Å². The van der Waals surface area contributed by atoms with E-state index < -0.39 is 0 Å². The van der Waals surface area contributed by atoms with Crippen molar-refractivity contribution in [1.29, 1.82) is 0 Å². The van der Waals surface area contributed by atoms with E-state index in [2.05, 4.69) is 10.3 Å². The zero-order chi connectivity index (χ0) is 17.9. The van der Waals surface area contributed by atoms with Gasteiger partial charge in [0.05, 0.1) is 24.5 Å². The first-order valence-corrected chi connectivity index (χ1v) is 10.1. The Balaban J connectivity index is 1.41.